The van der Waals surface area contributed by atoms with Crippen LogP contribution in [0.3, 0.4) is 0 Å². The number of aliphatic carboxylic acids is 2. The molecule has 16 heteroatoms. The second-order valence-electron chi connectivity index (χ2n) is 8.77. The van der Waals surface area contributed by atoms with Gasteiger partial charge in [0.2, 0.25) is 5.91 Å². The van der Waals surface area contributed by atoms with E-state index in [4.69, 9.17) is 25.1 Å². The molecule has 10 nitrogen and oxygen atoms in total. The van der Waals surface area contributed by atoms with Crippen LogP contribution in [0.2, 0.25) is 0 Å². The number of anilines is 1. The van der Waals surface area contributed by atoms with Crippen molar-refractivity contribution >= 4 is 23.7 Å². The predicted octanol–water partition coefficient (Wildman–Crippen LogP) is 2.60. The van der Waals surface area contributed by atoms with Gasteiger partial charge in [-0.05, 0) is 45.5 Å². The summed E-state index contributed by atoms with van der Waals surface area (Å²) >= 11 is 0. The van der Waals surface area contributed by atoms with Crippen molar-refractivity contribution in [3.05, 3.63) is 23.9 Å². The Kier molecular flexibility index (Phi) is 11.3. The first-order valence-electron chi connectivity index (χ1n) is 11.1. The second kappa shape index (κ2) is 13.3. The predicted molar refractivity (Wildman–Crippen MR) is 120 cm³/mol. The van der Waals surface area contributed by atoms with Gasteiger partial charge in [-0.2, -0.15) is 31.6 Å². The van der Waals surface area contributed by atoms with Crippen molar-refractivity contribution in [3.63, 3.8) is 0 Å². The highest BCUT2D eigenvalue weighted by atomic mass is 19.4. The van der Waals surface area contributed by atoms with Crippen LogP contribution in [0.15, 0.2) is 18.3 Å². The maximum Gasteiger partial charge on any atom is 0.490 e. The summed E-state index contributed by atoms with van der Waals surface area (Å²) in [5, 5.41) is 23.2. The number of alkyl halides is 6. The van der Waals surface area contributed by atoms with Gasteiger partial charge in [-0.3, -0.25) is 4.79 Å². The molecule has 0 radical (unpaired) electrons. The van der Waals surface area contributed by atoms with Crippen LogP contribution in [0.1, 0.15) is 24.8 Å². The number of hydrogen-bond acceptors (Lipinski definition) is 7. The fourth-order valence-electron chi connectivity index (χ4n) is 3.77. The molecule has 2 saturated heterocycles. The normalized spacial score (nSPS) is 19.3. The number of carbonyl (C=O) groups excluding carboxylic acids is 1. The Hall–Kier alpha value is -3.61. The van der Waals surface area contributed by atoms with Crippen LogP contribution >= 0.6 is 0 Å². The first-order chi connectivity index (χ1) is 17.4. The molecule has 0 aromatic carbocycles. The number of halogens is 6. The van der Waals surface area contributed by atoms with Crippen LogP contribution in [0.25, 0.3) is 0 Å². The Labute approximate surface area is 214 Å². The van der Waals surface area contributed by atoms with Crippen LogP contribution in [0, 0.1) is 16.7 Å². The van der Waals surface area contributed by atoms with E-state index in [9.17, 15) is 31.1 Å². The highest BCUT2D eigenvalue weighted by molar-refractivity contribution is 5.86. The average Bonchev–Trinajstić information content (AvgIpc) is 3.11. The molecule has 1 spiro atoms. The van der Waals surface area contributed by atoms with Gasteiger partial charge in [-0.1, -0.05) is 0 Å². The molecule has 2 aliphatic heterocycles. The smallest absolute Gasteiger partial charge is 0.475 e. The number of amides is 1. The summed E-state index contributed by atoms with van der Waals surface area (Å²) in [5.74, 6) is -4.34. The van der Waals surface area contributed by atoms with Crippen molar-refractivity contribution in [2.24, 2.45) is 5.41 Å². The van der Waals surface area contributed by atoms with E-state index in [2.05, 4.69) is 20.9 Å². The molecule has 2 N–H and O–H groups in total. The molecule has 3 rings (SSSR count). The number of rotatable bonds is 4. The van der Waals surface area contributed by atoms with Crippen LogP contribution in [0.5, 0.6) is 0 Å². The number of aromatic nitrogens is 1. The minimum absolute atomic E-state index is 0.250. The number of piperidine rings is 1. The summed E-state index contributed by atoms with van der Waals surface area (Å²) in [6.45, 7) is 4.24. The molecule has 1 aromatic rings. The van der Waals surface area contributed by atoms with Gasteiger partial charge in [0.15, 0.2) is 0 Å². The standard InChI is InChI=1S/C18H25N5O.2C2HF3O2/c1-21(2)10-11-22-9-7-18(17(22)24)6-3-8-23(14-18)16-5-4-15(12-19)13-20-16;2*3-2(4,5)1(6)7/h4-5,13H,3,6-11,14H2,1-2H3;2*(H,6,7). The summed E-state index contributed by atoms with van der Waals surface area (Å²) in [7, 11) is 4.07. The fraction of sp³-hybridized carbons (Fsp3) is 0.591. The monoisotopic (exact) mass is 555 g/mol. The first-order valence-corrected chi connectivity index (χ1v) is 11.1. The summed E-state index contributed by atoms with van der Waals surface area (Å²) in [6.07, 6.45) is -5.64. The third-order valence-electron chi connectivity index (χ3n) is 5.68. The number of nitriles is 1. The summed E-state index contributed by atoms with van der Waals surface area (Å²) in [5.41, 5.74) is 0.317. The number of hydrogen-bond donors (Lipinski definition) is 2. The van der Waals surface area contributed by atoms with E-state index in [-0.39, 0.29) is 5.41 Å². The van der Waals surface area contributed by atoms with Crippen LogP contribution in [-0.2, 0) is 14.4 Å². The van der Waals surface area contributed by atoms with Crippen molar-refractivity contribution in [1.82, 2.24) is 14.8 Å². The number of pyridine rings is 1. The van der Waals surface area contributed by atoms with Gasteiger partial charge >= 0.3 is 24.3 Å². The second-order valence-corrected chi connectivity index (χ2v) is 8.77. The van der Waals surface area contributed by atoms with E-state index >= 15 is 0 Å². The van der Waals surface area contributed by atoms with E-state index in [0.29, 0.717) is 11.5 Å². The lowest BCUT2D eigenvalue weighted by Crippen LogP contribution is -2.48. The molecular weight excluding hydrogens is 528 g/mol. The van der Waals surface area contributed by atoms with E-state index < -0.39 is 24.3 Å². The Morgan fingerprint density at radius 1 is 1.08 bits per heavy atom. The molecule has 212 valence electrons. The zero-order valence-corrected chi connectivity index (χ0v) is 20.5. The molecule has 0 bridgehead atoms. The van der Waals surface area contributed by atoms with Crippen LogP contribution in [0.4, 0.5) is 32.2 Å². The topological polar surface area (TPSA) is 138 Å². The SMILES string of the molecule is CN(C)CCN1CCC2(CCCN(c3ccc(C#N)cn3)C2)C1=O.O=C(O)C(F)(F)F.O=C(O)C(F)(F)F. The van der Waals surface area contributed by atoms with E-state index in [1.807, 2.05) is 25.1 Å². The number of carboxylic acids is 2. The van der Waals surface area contributed by atoms with E-state index in [1.54, 1.807) is 12.3 Å². The van der Waals surface area contributed by atoms with Crippen molar-refractivity contribution < 1.29 is 50.9 Å². The molecule has 1 unspecified atom stereocenters. The van der Waals surface area contributed by atoms with Gasteiger partial charge in [0.1, 0.15) is 11.9 Å². The van der Waals surface area contributed by atoms with Crippen molar-refractivity contribution in [1.29, 1.82) is 5.26 Å². The molecule has 2 aliphatic rings. The number of nitrogens with zero attached hydrogens (tertiary/aromatic N) is 5. The highest BCUT2D eigenvalue weighted by Crippen LogP contribution is 2.41. The Morgan fingerprint density at radius 2 is 1.63 bits per heavy atom. The number of carboxylic acid groups (broad SMARTS) is 2. The van der Waals surface area contributed by atoms with Gasteiger partial charge in [-0.25, -0.2) is 14.6 Å². The summed E-state index contributed by atoms with van der Waals surface area (Å²) in [6, 6.07) is 5.78. The molecule has 2 fully saturated rings. The molecule has 1 aromatic heterocycles. The fourth-order valence-corrected chi connectivity index (χ4v) is 3.77. The zero-order chi connectivity index (χ0) is 29.3. The molecule has 38 heavy (non-hydrogen) atoms. The number of likely N-dealkylation sites (N-methyl/N-ethyl adjacent to an activating group) is 1. The minimum atomic E-state index is -5.08. The van der Waals surface area contributed by atoms with Gasteiger partial charge < -0.3 is 24.9 Å². The molecule has 0 saturated carbocycles. The molecule has 3 heterocycles. The van der Waals surface area contributed by atoms with Crippen LogP contribution < -0.4 is 4.90 Å². The molecule has 1 atom stereocenters. The lowest BCUT2D eigenvalue weighted by molar-refractivity contribution is -0.193. The van der Waals surface area contributed by atoms with Gasteiger partial charge in [0.25, 0.3) is 0 Å². The van der Waals surface area contributed by atoms with Crippen LogP contribution in [-0.4, -0.2) is 102 Å². The Balaban J connectivity index is 0.000000426. The lowest BCUT2D eigenvalue weighted by atomic mass is 9.78. The quantitative estimate of drug-likeness (QED) is 0.537. The summed E-state index contributed by atoms with van der Waals surface area (Å²) in [4.78, 5) is 41.5. The van der Waals surface area contributed by atoms with Crippen molar-refractivity contribution in [2.45, 2.75) is 31.6 Å². The van der Waals surface area contributed by atoms with Gasteiger partial charge in [0, 0.05) is 38.9 Å². The van der Waals surface area contributed by atoms with E-state index in [1.165, 1.54) is 0 Å². The Bertz CT molecular complexity index is 986. The van der Waals surface area contributed by atoms with Gasteiger partial charge in [0.05, 0.1) is 11.0 Å². The highest BCUT2D eigenvalue weighted by Gasteiger charge is 2.48. The van der Waals surface area contributed by atoms with Gasteiger partial charge in [-0.15, -0.1) is 0 Å². The molecule has 1 amide bonds. The third-order valence-corrected chi connectivity index (χ3v) is 5.68. The molecular formula is C22H27F6N5O5. The molecule has 0 aliphatic carbocycles. The zero-order valence-electron chi connectivity index (χ0n) is 20.5. The average molecular weight is 555 g/mol. The largest absolute Gasteiger partial charge is 0.490 e. The Morgan fingerprint density at radius 3 is 2.05 bits per heavy atom. The maximum absolute atomic E-state index is 13.0. The third kappa shape index (κ3) is 9.69. The summed E-state index contributed by atoms with van der Waals surface area (Å²) < 4.78 is 63.5. The van der Waals surface area contributed by atoms with E-state index in [0.717, 1.165) is 57.8 Å². The number of carbonyl (C=O) groups is 3. The first kappa shape index (κ1) is 32.4. The lowest BCUT2D eigenvalue weighted by Gasteiger charge is -2.39. The number of likely N-dealkylation sites (tertiary alicyclic amines) is 1. The van der Waals surface area contributed by atoms with Crippen molar-refractivity contribution in [2.75, 3.05) is 51.7 Å². The van der Waals surface area contributed by atoms with Crippen molar-refractivity contribution in [3.8, 4) is 6.07 Å². The minimum Gasteiger partial charge on any atom is -0.475 e. The maximum atomic E-state index is 13.0.